The van der Waals surface area contributed by atoms with Crippen molar-refractivity contribution < 1.29 is 4.39 Å². The summed E-state index contributed by atoms with van der Waals surface area (Å²) in [6.07, 6.45) is 0. The van der Waals surface area contributed by atoms with Crippen molar-refractivity contribution in [1.82, 2.24) is 10.2 Å². The summed E-state index contributed by atoms with van der Waals surface area (Å²) in [5.74, 6) is 0. The lowest BCUT2D eigenvalue weighted by Crippen LogP contribution is -2.20. The number of rotatable bonds is 3. The van der Waals surface area contributed by atoms with E-state index in [4.69, 9.17) is 0 Å². The second-order valence-electron chi connectivity index (χ2n) is 2.57. The largest absolute Gasteiger partial charge is 0.251 e. The van der Waals surface area contributed by atoms with Gasteiger partial charge >= 0.3 is 0 Å². The molecule has 0 spiro atoms. The average Bonchev–Trinajstić information content (AvgIpc) is 2.07. The van der Waals surface area contributed by atoms with Gasteiger partial charge in [0.1, 0.15) is 3.70 Å². The summed E-state index contributed by atoms with van der Waals surface area (Å²) in [5.41, 5.74) is 0.968. The molecule has 12 heavy (non-hydrogen) atoms. The molecule has 1 aromatic heterocycles. The molecule has 2 nitrogen and oxygen atoms in total. The first-order valence-electron chi connectivity index (χ1n) is 3.78. The second kappa shape index (κ2) is 4.86. The Morgan fingerprint density at radius 1 is 1.58 bits per heavy atom. The van der Waals surface area contributed by atoms with E-state index < -0.39 is 9.52 Å². The lowest BCUT2D eigenvalue weighted by Gasteiger charge is -2.01. The van der Waals surface area contributed by atoms with Crippen molar-refractivity contribution in [2.45, 2.75) is 13.0 Å². The number of alkyl halides is 1. The molecule has 1 aromatic rings. The number of hydrogen-bond donors (Lipinski definition) is 0. The van der Waals surface area contributed by atoms with Gasteiger partial charge in [-0.05, 0) is 46.8 Å². The van der Waals surface area contributed by atoms with Crippen LogP contribution in [0.3, 0.4) is 0 Å². The van der Waals surface area contributed by atoms with Crippen LogP contribution >= 0.6 is 22.6 Å². The minimum absolute atomic E-state index is 0.204. The molecule has 0 fully saturated rings. The number of halogens is 2. The van der Waals surface area contributed by atoms with E-state index in [1.807, 2.05) is 13.0 Å². The quantitative estimate of drug-likeness (QED) is 0.602. The van der Waals surface area contributed by atoms with Crippen molar-refractivity contribution in [2.75, 3.05) is 6.67 Å². The van der Waals surface area contributed by atoms with E-state index in [0.29, 0.717) is 6.04 Å². The van der Waals surface area contributed by atoms with E-state index in [9.17, 15) is 4.39 Å². The maximum atomic E-state index is 11.9. The minimum Gasteiger partial charge on any atom is -0.251 e. The maximum Gasteiger partial charge on any atom is 0.123 e. The molecule has 0 aliphatic heterocycles. The van der Waals surface area contributed by atoms with Crippen molar-refractivity contribution in [3.05, 3.63) is 15.5 Å². The van der Waals surface area contributed by atoms with Crippen LogP contribution in [0, 0.1) is 10.6 Å². The van der Waals surface area contributed by atoms with E-state index in [2.05, 4.69) is 32.8 Å². The number of nitrogens with zero attached hydrogens (tertiary/aromatic N) is 2. The Hall–Kier alpha value is -0.0431. The molecule has 0 unspecified atom stereocenters. The van der Waals surface area contributed by atoms with Crippen molar-refractivity contribution in [2.24, 2.45) is 0 Å². The zero-order valence-corrected chi connectivity index (χ0v) is 10.4. The van der Waals surface area contributed by atoms with Crippen LogP contribution in [0.1, 0.15) is 5.69 Å². The van der Waals surface area contributed by atoms with Gasteiger partial charge in [0.2, 0.25) is 0 Å². The molecule has 0 amide bonds. The first kappa shape index (κ1) is 10.0. The predicted molar refractivity (Wildman–Crippen MR) is 58.4 cm³/mol. The van der Waals surface area contributed by atoms with Gasteiger partial charge in [-0.3, -0.25) is 4.39 Å². The Bertz CT molecular complexity index is 270. The molecule has 0 bridgehead atoms. The highest BCUT2D eigenvalue weighted by Crippen LogP contribution is 1.97. The number of hydrogen-bond acceptors (Lipinski definition) is 2. The van der Waals surface area contributed by atoms with E-state index >= 15 is 0 Å². The Morgan fingerprint density at radius 3 is 3.00 bits per heavy atom. The molecule has 1 heterocycles. The molecule has 66 valence electrons. The normalized spacial score (nSPS) is 11.2. The molecule has 0 aliphatic rings. The van der Waals surface area contributed by atoms with Crippen LogP contribution in [-0.4, -0.2) is 26.4 Å². The van der Waals surface area contributed by atoms with Crippen LogP contribution in [0.25, 0.3) is 0 Å². The predicted octanol–water partition coefficient (Wildman–Crippen LogP) is 0.572. The second-order valence-corrected chi connectivity index (χ2v) is 5.64. The maximum absolute atomic E-state index is 11.9. The molecule has 0 aromatic carbocycles. The van der Waals surface area contributed by atoms with Gasteiger partial charge in [0.15, 0.2) is 0 Å². The molecular formula is C7H10FIN2Si. The Morgan fingerprint density at radius 2 is 2.33 bits per heavy atom. The van der Waals surface area contributed by atoms with E-state index in [0.717, 1.165) is 9.39 Å². The molecule has 0 saturated carbocycles. The topological polar surface area (TPSA) is 25.8 Å². The van der Waals surface area contributed by atoms with Gasteiger partial charge < -0.3 is 0 Å². The SMILES string of the molecule is Cc1nnc(I)cc1[SiH2]CCF. The molecule has 5 heteroatoms. The number of aryl methyl sites for hydroxylation is 1. The lowest BCUT2D eigenvalue weighted by atomic mass is 10.4. The molecule has 0 atom stereocenters. The van der Waals surface area contributed by atoms with Crippen LogP contribution in [0.2, 0.25) is 6.04 Å². The third-order valence-corrected chi connectivity index (χ3v) is 4.04. The number of aromatic nitrogens is 2. The van der Waals surface area contributed by atoms with Gasteiger partial charge in [0, 0.05) is 0 Å². The molecule has 0 aliphatic carbocycles. The van der Waals surface area contributed by atoms with Gasteiger partial charge in [0.25, 0.3) is 0 Å². The summed E-state index contributed by atoms with van der Waals surface area (Å²) in [5, 5.41) is 9.14. The van der Waals surface area contributed by atoms with Crippen molar-refractivity contribution in [1.29, 1.82) is 0 Å². The molecule has 0 saturated heterocycles. The highest BCUT2D eigenvalue weighted by molar-refractivity contribution is 14.1. The zero-order chi connectivity index (χ0) is 8.97. The van der Waals surface area contributed by atoms with Gasteiger partial charge in [0.05, 0.1) is 21.9 Å². The molecule has 0 N–H and O–H groups in total. The third-order valence-electron chi connectivity index (χ3n) is 1.63. The van der Waals surface area contributed by atoms with Crippen LogP contribution in [0.4, 0.5) is 4.39 Å². The van der Waals surface area contributed by atoms with Gasteiger partial charge in [-0.25, -0.2) is 0 Å². The van der Waals surface area contributed by atoms with Crippen molar-refractivity contribution in [3.63, 3.8) is 0 Å². The standard InChI is InChI=1S/C7H10FIN2Si/c1-5-6(12-3-2-8)4-7(9)11-10-5/h4H,2-3,12H2,1H3. The van der Waals surface area contributed by atoms with Gasteiger partial charge in [-0.15, -0.1) is 5.10 Å². The monoisotopic (exact) mass is 296 g/mol. The third kappa shape index (κ3) is 2.78. The molecule has 0 radical (unpaired) electrons. The van der Waals surface area contributed by atoms with Gasteiger partial charge in [-0.1, -0.05) is 0 Å². The first-order valence-corrected chi connectivity index (χ1v) is 6.57. The smallest absolute Gasteiger partial charge is 0.123 e. The van der Waals surface area contributed by atoms with E-state index in [-0.39, 0.29) is 6.67 Å². The minimum atomic E-state index is -0.444. The summed E-state index contributed by atoms with van der Waals surface area (Å²) in [6.45, 7) is 1.73. The fourth-order valence-electron chi connectivity index (χ4n) is 0.974. The van der Waals surface area contributed by atoms with Crippen LogP contribution in [0.15, 0.2) is 6.07 Å². The fourth-order valence-corrected chi connectivity index (χ4v) is 3.16. The Kier molecular flexibility index (Phi) is 4.06. The Balaban J connectivity index is 2.75. The fraction of sp³-hybridized carbons (Fsp3) is 0.429. The average molecular weight is 296 g/mol. The summed E-state index contributed by atoms with van der Waals surface area (Å²) >= 11 is 2.13. The van der Waals surface area contributed by atoms with Crippen molar-refractivity contribution >= 4 is 37.3 Å². The summed E-state index contributed by atoms with van der Waals surface area (Å²) in [7, 11) is -0.444. The first-order chi connectivity index (χ1) is 5.74. The highest BCUT2D eigenvalue weighted by Gasteiger charge is 2.01. The van der Waals surface area contributed by atoms with Crippen LogP contribution in [0.5, 0.6) is 0 Å². The lowest BCUT2D eigenvalue weighted by molar-refractivity contribution is 0.526. The summed E-state index contributed by atoms with van der Waals surface area (Å²) in [4.78, 5) is 0. The van der Waals surface area contributed by atoms with Crippen LogP contribution < -0.4 is 5.19 Å². The van der Waals surface area contributed by atoms with Gasteiger partial charge in [-0.2, -0.15) is 5.10 Å². The molecular weight excluding hydrogens is 286 g/mol. The van der Waals surface area contributed by atoms with Crippen molar-refractivity contribution in [3.8, 4) is 0 Å². The molecule has 1 rings (SSSR count). The highest BCUT2D eigenvalue weighted by atomic mass is 127. The summed E-state index contributed by atoms with van der Waals surface area (Å²) < 4.78 is 12.8. The Labute approximate surface area is 86.9 Å². The van der Waals surface area contributed by atoms with E-state index in [1.54, 1.807) is 0 Å². The van der Waals surface area contributed by atoms with E-state index in [1.165, 1.54) is 5.19 Å². The summed E-state index contributed by atoms with van der Waals surface area (Å²) in [6, 6.07) is 2.73. The van der Waals surface area contributed by atoms with Crippen LogP contribution in [-0.2, 0) is 0 Å². The zero-order valence-electron chi connectivity index (χ0n) is 6.85.